The van der Waals surface area contributed by atoms with E-state index in [2.05, 4.69) is 9.72 Å². The fraction of sp³-hybridized carbons (Fsp3) is 0.333. The van der Waals surface area contributed by atoms with Crippen molar-refractivity contribution in [2.45, 2.75) is 13.3 Å². The number of pyridine rings is 1. The molecular formula is C9H11F2N3O2. The first kappa shape index (κ1) is 12.2. The third kappa shape index (κ3) is 2.18. The highest BCUT2D eigenvalue weighted by Crippen LogP contribution is 2.31. The number of carbonyl (C=O) groups is 1. The van der Waals surface area contributed by atoms with E-state index in [0.29, 0.717) is 0 Å². The fourth-order valence-electron chi connectivity index (χ4n) is 1.21. The van der Waals surface area contributed by atoms with Crippen molar-refractivity contribution in [2.75, 3.05) is 18.1 Å². The molecule has 1 heterocycles. The largest absolute Gasteiger partial charge is 0.462 e. The maximum atomic E-state index is 12.7. The number of ether oxygens (including phenoxy) is 1. The van der Waals surface area contributed by atoms with Gasteiger partial charge >= 0.3 is 5.97 Å². The van der Waals surface area contributed by atoms with Gasteiger partial charge in [-0.15, -0.1) is 0 Å². The van der Waals surface area contributed by atoms with Gasteiger partial charge in [0.05, 0.1) is 24.1 Å². The Labute approximate surface area is 90.4 Å². The molecule has 0 spiro atoms. The molecule has 0 aliphatic carbocycles. The zero-order valence-electron chi connectivity index (χ0n) is 8.54. The third-order valence-electron chi connectivity index (χ3n) is 1.88. The van der Waals surface area contributed by atoms with Crippen LogP contribution in [-0.4, -0.2) is 17.6 Å². The number of hydrogen-bond donors (Lipinski definition) is 2. The highest BCUT2D eigenvalue weighted by molar-refractivity contribution is 5.97. The van der Waals surface area contributed by atoms with E-state index in [1.807, 2.05) is 0 Å². The number of aromatic nitrogens is 1. The molecule has 0 aliphatic rings. The Morgan fingerprint density at radius 2 is 2.19 bits per heavy atom. The molecule has 0 saturated carbocycles. The van der Waals surface area contributed by atoms with Gasteiger partial charge in [0.1, 0.15) is 11.4 Å². The van der Waals surface area contributed by atoms with Crippen molar-refractivity contribution in [1.82, 2.24) is 4.98 Å². The molecule has 1 aromatic rings. The summed E-state index contributed by atoms with van der Waals surface area (Å²) in [6, 6.07) is 0. The molecule has 0 radical (unpaired) electrons. The van der Waals surface area contributed by atoms with Crippen LogP contribution in [-0.2, 0) is 4.74 Å². The van der Waals surface area contributed by atoms with Crippen LogP contribution in [0, 0.1) is 0 Å². The summed E-state index contributed by atoms with van der Waals surface area (Å²) in [6.45, 7) is 1.60. The number of nitrogen functional groups attached to an aromatic ring is 2. The number of carbonyl (C=O) groups excluding carboxylic acids is 1. The van der Waals surface area contributed by atoms with Gasteiger partial charge in [-0.3, -0.25) is 0 Å². The number of anilines is 2. The lowest BCUT2D eigenvalue weighted by Crippen LogP contribution is -2.14. The van der Waals surface area contributed by atoms with Crippen molar-refractivity contribution < 1.29 is 18.3 Å². The van der Waals surface area contributed by atoms with E-state index in [9.17, 15) is 13.6 Å². The summed E-state index contributed by atoms with van der Waals surface area (Å²) in [5.41, 5.74) is 9.30. The molecular weight excluding hydrogens is 220 g/mol. The van der Waals surface area contributed by atoms with Crippen LogP contribution in [0.4, 0.5) is 20.3 Å². The van der Waals surface area contributed by atoms with Crippen LogP contribution in [0.1, 0.15) is 29.3 Å². The molecule has 4 N–H and O–H groups in total. The van der Waals surface area contributed by atoms with Crippen LogP contribution < -0.4 is 11.5 Å². The standard InChI is InChI=1S/C9H11F2N3O2/c1-2-16-9(15)6-5(7(10)11)4(12)3-14-8(6)13/h3,7H,2,12H2,1H3,(H2,13,14). The smallest absolute Gasteiger partial charge is 0.342 e. The van der Waals surface area contributed by atoms with E-state index in [0.717, 1.165) is 6.20 Å². The zero-order valence-corrected chi connectivity index (χ0v) is 8.54. The lowest BCUT2D eigenvalue weighted by atomic mass is 10.1. The van der Waals surface area contributed by atoms with Crippen molar-refractivity contribution in [1.29, 1.82) is 0 Å². The number of halogens is 2. The second kappa shape index (κ2) is 4.73. The maximum absolute atomic E-state index is 12.7. The molecule has 0 amide bonds. The average molecular weight is 231 g/mol. The Bertz CT molecular complexity index is 410. The van der Waals surface area contributed by atoms with Crippen LogP contribution in [0.2, 0.25) is 0 Å². The molecule has 88 valence electrons. The summed E-state index contributed by atoms with van der Waals surface area (Å²) in [5.74, 6) is -1.27. The van der Waals surface area contributed by atoms with E-state index in [1.54, 1.807) is 6.92 Å². The van der Waals surface area contributed by atoms with E-state index >= 15 is 0 Å². The summed E-state index contributed by atoms with van der Waals surface area (Å²) in [6.07, 6.45) is -1.93. The van der Waals surface area contributed by atoms with Crippen molar-refractivity contribution in [3.63, 3.8) is 0 Å². The molecule has 1 rings (SSSR count). The Balaban J connectivity index is 3.34. The lowest BCUT2D eigenvalue weighted by molar-refractivity contribution is 0.0516. The second-order valence-corrected chi connectivity index (χ2v) is 2.91. The van der Waals surface area contributed by atoms with Crippen molar-refractivity contribution in [2.24, 2.45) is 0 Å². The van der Waals surface area contributed by atoms with Gasteiger partial charge in [0.15, 0.2) is 0 Å². The Morgan fingerprint density at radius 1 is 1.56 bits per heavy atom. The first-order chi connectivity index (χ1) is 7.49. The molecule has 0 aromatic carbocycles. The number of alkyl halides is 2. The molecule has 1 aromatic heterocycles. The zero-order chi connectivity index (χ0) is 12.3. The van der Waals surface area contributed by atoms with E-state index in [1.165, 1.54) is 0 Å². The highest BCUT2D eigenvalue weighted by atomic mass is 19.3. The molecule has 0 bridgehead atoms. The molecule has 16 heavy (non-hydrogen) atoms. The first-order valence-electron chi connectivity index (χ1n) is 4.48. The van der Waals surface area contributed by atoms with Gasteiger partial charge in [-0.1, -0.05) is 0 Å². The summed E-state index contributed by atoms with van der Waals surface area (Å²) < 4.78 is 30.0. The minimum Gasteiger partial charge on any atom is -0.462 e. The van der Waals surface area contributed by atoms with Crippen molar-refractivity contribution in [3.05, 3.63) is 17.3 Å². The molecule has 7 heteroatoms. The van der Waals surface area contributed by atoms with E-state index in [4.69, 9.17) is 11.5 Å². The quantitative estimate of drug-likeness (QED) is 0.766. The summed E-state index contributed by atoms with van der Waals surface area (Å²) in [5, 5.41) is 0. The Morgan fingerprint density at radius 3 is 2.69 bits per heavy atom. The molecule has 0 unspecified atom stereocenters. The van der Waals surface area contributed by atoms with Gasteiger partial charge in [-0.2, -0.15) is 0 Å². The number of nitrogens with two attached hydrogens (primary N) is 2. The lowest BCUT2D eigenvalue weighted by Gasteiger charge is -2.12. The fourth-order valence-corrected chi connectivity index (χ4v) is 1.21. The number of esters is 1. The van der Waals surface area contributed by atoms with Crippen LogP contribution >= 0.6 is 0 Å². The van der Waals surface area contributed by atoms with Gasteiger partial charge in [0.2, 0.25) is 0 Å². The molecule has 0 fully saturated rings. The second-order valence-electron chi connectivity index (χ2n) is 2.91. The van der Waals surface area contributed by atoms with Crippen LogP contribution in [0.3, 0.4) is 0 Å². The van der Waals surface area contributed by atoms with Gasteiger partial charge < -0.3 is 16.2 Å². The van der Waals surface area contributed by atoms with Crippen LogP contribution in [0.15, 0.2) is 6.20 Å². The SMILES string of the molecule is CCOC(=O)c1c(N)ncc(N)c1C(F)F. The molecule has 5 nitrogen and oxygen atoms in total. The minimum absolute atomic E-state index is 0.0513. The summed E-state index contributed by atoms with van der Waals surface area (Å²) in [4.78, 5) is 15.0. The molecule has 0 aliphatic heterocycles. The van der Waals surface area contributed by atoms with Crippen LogP contribution in [0.5, 0.6) is 0 Å². The van der Waals surface area contributed by atoms with Gasteiger partial charge in [-0.25, -0.2) is 18.6 Å². The predicted molar refractivity (Wildman–Crippen MR) is 54.0 cm³/mol. The first-order valence-corrected chi connectivity index (χ1v) is 4.48. The minimum atomic E-state index is -2.91. The number of rotatable bonds is 3. The highest BCUT2D eigenvalue weighted by Gasteiger charge is 2.25. The Hall–Kier alpha value is -1.92. The average Bonchev–Trinajstić information content (AvgIpc) is 2.20. The van der Waals surface area contributed by atoms with Gasteiger partial charge in [0, 0.05) is 0 Å². The Kier molecular flexibility index (Phi) is 3.60. The summed E-state index contributed by atoms with van der Waals surface area (Å²) >= 11 is 0. The van der Waals surface area contributed by atoms with Gasteiger partial charge in [-0.05, 0) is 6.92 Å². The summed E-state index contributed by atoms with van der Waals surface area (Å²) in [7, 11) is 0. The van der Waals surface area contributed by atoms with E-state index in [-0.39, 0.29) is 18.1 Å². The van der Waals surface area contributed by atoms with E-state index < -0.39 is 23.5 Å². The third-order valence-corrected chi connectivity index (χ3v) is 1.88. The normalized spacial score (nSPS) is 10.5. The number of nitrogens with zero attached hydrogens (tertiary/aromatic N) is 1. The monoisotopic (exact) mass is 231 g/mol. The predicted octanol–water partition coefficient (Wildman–Crippen LogP) is 1.36. The molecule has 0 saturated heterocycles. The number of hydrogen-bond acceptors (Lipinski definition) is 5. The van der Waals surface area contributed by atoms with Gasteiger partial charge in [0.25, 0.3) is 6.43 Å². The van der Waals surface area contributed by atoms with Crippen molar-refractivity contribution >= 4 is 17.5 Å². The van der Waals surface area contributed by atoms with Crippen LogP contribution in [0.25, 0.3) is 0 Å². The molecule has 0 atom stereocenters. The van der Waals surface area contributed by atoms with Crippen molar-refractivity contribution in [3.8, 4) is 0 Å². The maximum Gasteiger partial charge on any atom is 0.342 e. The topological polar surface area (TPSA) is 91.2 Å².